The van der Waals surface area contributed by atoms with Gasteiger partial charge in [-0.25, -0.2) is 0 Å². The van der Waals surface area contributed by atoms with Gasteiger partial charge in [-0.05, 0) is 43.4 Å². The van der Waals surface area contributed by atoms with Gasteiger partial charge in [-0.1, -0.05) is 36.4 Å². The molecule has 2 aromatic carbocycles. The monoisotopic (exact) mass is 338 g/mol. The van der Waals surface area contributed by atoms with Gasteiger partial charge in [0.2, 0.25) is 12.7 Å². The fourth-order valence-electron chi connectivity index (χ4n) is 2.72. The van der Waals surface area contributed by atoms with Crippen molar-refractivity contribution in [1.82, 2.24) is 10.2 Å². The Labute approximate surface area is 147 Å². The summed E-state index contributed by atoms with van der Waals surface area (Å²) in [5.41, 5.74) is 2.07. The van der Waals surface area contributed by atoms with Crippen molar-refractivity contribution in [2.75, 3.05) is 27.4 Å². The van der Waals surface area contributed by atoms with Crippen LogP contribution in [0.3, 0.4) is 0 Å². The molecular formula is C20H22N2O3. The first-order chi connectivity index (χ1) is 12.1. The topological polar surface area (TPSA) is 50.8 Å². The van der Waals surface area contributed by atoms with Gasteiger partial charge >= 0.3 is 0 Å². The molecule has 130 valence electrons. The van der Waals surface area contributed by atoms with Crippen molar-refractivity contribution in [3.05, 3.63) is 65.7 Å². The molecule has 0 aromatic heterocycles. The summed E-state index contributed by atoms with van der Waals surface area (Å²) in [5, 5.41) is 2.96. The highest BCUT2D eigenvalue weighted by molar-refractivity contribution is 5.91. The first-order valence-corrected chi connectivity index (χ1v) is 8.20. The molecule has 1 atom stereocenters. The van der Waals surface area contributed by atoms with Crippen LogP contribution in [0.25, 0.3) is 6.08 Å². The zero-order chi connectivity index (χ0) is 17.6. The Balaban J connectivity index is 1.58. The molecule has 1 aliphatic heterocycles. The highest BCUT2D eigenvalue weighted by Gasteiger charge is 2.14. The normalized spacial score (nSPS) is 14.0. The summed E-state index contributed by atoms with van der Waals surface area (Å²) in [6.45, 7) is 0.787. The number of hydrogen-bond donors (Lipinski definition) is 1. The Morgan fingerprint density at radius 2 is 1.92 bits per heavy atom. The molecule has 0 spiro atoms. The number of benzene rings is 2. The van der Waals surface area contributed by atoms with Gasteiger partial charge in [-0.15, -0.1) is 0 Å². The molecule has 0 bridgehead atoms. The van der Waals surface area contributed by atoms with Gasteiger partial charge < -0.3 is 19.7 Å². The molecule has 1 amide bonds. The Kier molecular flexibility index (Phi) is 5.36. The molecule has 1 heterocycles. The molecule has 0 saturated heterocycles. The highest BCUT2D eigenvalue weighted by Crippen LogP contribution is 2.32. The van der Waals surface area contributed by atoms with Crippen molar-refractivity contribution in [1.29, 1.82) is 0 Å². The van der Waals surface area contributed by atoms with Crippen LogP contribution in [0.5, 0.6) is 11.5 Å². The molecule has 5 heteroatoms. The maximum atomic E-state index is 12.1. The molecule has 0 unspecified atom stereocenters. The van der Waals surface area contributed by atoms with Crippen LogP contribution >= 0.6 is 0 Å². The van der Waals surface area contributed by atoms with Gasteiger partial charge in [-0.3, -0.25) is 4.79 Å². The number of carbonyl (C=O) groups is 1. The summed E-state index contributed by atoms with van der Waals surface area (Å²) >= 11 is 0. The molecular weight excluding hydrogens is 316 g/mol. The van der Waals surface area contributed by atoms with E-state index in [1.54, 1.807) is 6.08 Å². The second-order valence-corrected chi connectivity index (χ2v) is 6.08. The number of fused-ring (bicyclic) bond motifs is 1. The molecule has 0 radical (unpaired) electrons. The Bertz CT molecular complexity index is 757. The molecule has 25 heavy (non-hydrogen) atoms. The predicted octanol–water partition coefficient (Wildman–Crippen LogP) is 2.85. The molecule has 1 aliphatic rings. The lowest BCUT2D eigenvalue weighted by Crippen LogP contribution is -2.33. The summed E-state index contributed by atoms with van der Waals surface area (Å²) in [6.07, 6.45) is 3.31. The number of nitrogens with zero attached hydrogens (tertiary/aromatic N) is 1. The number of amides is 1. The lowest BCUT2D eigenvalue weighted by atomic mass is 10.1. The maximum absolute atomic E-state index is 12.1. The van der Waals surface area contributed by atoms with E-state index >= 15 is 0 Å². The Morgan fingerprint density at radius 1 is 1.16 bits per heavy atom. The van der Waals surface area contributed by atoms with Crippen molar-refractivity contribution in [2.24, 2.45) is 0 Å². The third-order valence-electron chi connectivity index (χ3n) is 4.10. The van der Waals surface area contributed by atoms with Crippen LogP contribution in [0, 0.1) is 0 Å². The summed E-state index contributed by atoms with van der Waals surface area (Å²) in [6, 6.07) is 15.9. The van der Waals surface area contributed by atoms with E-state index in [1.165, 1.54) is 11.6 Å². The first-order valence-electron chi connectivity index (χ1n) is 8.20. The largest absolute Gasteiger partial charge is 0.454 e. The van der Waals surface area contributed by atoms with Crippen LogP contribution in [0.15, 0.2) is 54.6 Å². The molecule has 0 aliphatic carbocycles. The lowest BCUT2D eigenvalue weighted by molar-refractivity contribution is -0.116. The van der Waals surface area contributed by atoms with Crippen LogP contribution in [0.4, 0.5) is 0 Å². The van der Waals surface area contributed by atoms with E-state index in [9.17, 15) is 4.79 Å². The van der Waals surface area contributed by atoms with E-state index < -0.39 is 0 Å². The lowest BCUT2D eigenvalue weighted by Gasteiger charge is -2.24. The quantitative estimate of drug-likeness (QED) is 0.823. The van der Waals surface area contributed by atoms with Crippen LogP contribution in [0.1, 0.15) is 17.2 Å². The zero-order valence-corrected chi connectivity index (χ0v) is 14.4. The smallest absolute Gasteiger partial charge is 0.244 e. The minimum Gasteiger partial charge on any atom is -0.454 e. The number of carbonyl (C=O) groups excluding carboxylic acids is 1. The second kappa shape index (κ2) is 7.85. The van der Waals surface area contributed by atoms with Crippen molar-refractivity contribution in [2.45, 2.75) is 6.04 Å². The first kappa shape index (κ1) is 17.0. The standard InChI is InChI=1S/C20H22N2O3/c1-22(2)17(16-6-4-3-5-7-16)13-21-20(23)11-9-15-8-10-18-19(12-15)25-14-24-18/h3-12,17H,13-14H2,1-2H3,(H,21,23)/t17-/m1/s1. The third kappa shape index (κ3) is 4.39. The van der Waals surface area contributed by atoms with Gasteiger partial charge in [0.05, 0.1) is 6.04 Å². The van der Waals surface area contributed by atoms with Gasteiger partial charge in [0.25, 0.3) is 0 Å². The predicted molar refractivity (Wildman–Crippen MR) is 97.5 cm³/mol. The number of hydrogen-bond acceptors (Lipinski definition) is 4. The van der Waals surface area contributed by atoms with Crippen LogP contribution in [0.2, 0.25) is 0 Å². The van der Waals surface area contributed by atoms with Crippen molar-refractivity contribution in [3.8, 4) is 11.5 Å². The number of likely N-dealkylation sites (N-methyl/N-ethyl adjacent to an activating group) is 1. The molecule has 0 fully saturated rings. The van der Waals surface area contributed by atoms with E-state index in [-0.39, 0.29) is 18.7 Å². The molecule has 3 rings (SSSR count). The fraction of sp³-hybridized carbons (Fsp3) is 0.250. The molecule has 5 nitrogen and oxygen atoms in total. The van der Waals surface area contributed by atoms with Gasteiger partial charge in [0.1, 0.15) is 0 Å². The number of ether oxygens (including phenoxy) is 2. The Hall–Kier alpha value is -2.79. The van der Waals surface area contributed by atoms with Gasteiger partial charge in [-0.2, -0.15) is 0 Å². The summed E-state index contributed by atoms with van der Waals surface area (Å²) in [5.74, 6) is 1.32. The minimum absolute atomic E-state index is 0.125. The maximum Gasteiger partial charge on any atom is 0.244 e. The van der Waals surface area contributed by atoms with Gasteiger partial charge in [0.15, 0.2) is 11.5 Å². The van der Waals surface area contributed by atoms with Crippen LogP contribution in [-0.4, -0.2) is 38.2 Å². The van der Waals surface area contributed by atoms with Gasteiger partial charge in [0, 0.05) is 12.6 Å². The number of rotatable bonds is 6. The van der Waals surface area contributed by atoms with Crippen LogP contribution < -0.4 is 14.8 Å². The summed E-state index contributed by atoms with van der Waals surface area (Å²) < 4.78 is 10.6. The van der Waals surface area contributed by atoms with E-state index in [2.05, 4.69) is 22.3 Å². The summed E-state index contributed by atoms with van der Waals surface area (Å²) in [7, 11) is 4.01. The number of nitrogens with one attached hydrogen (secondary N) is 1. The molecule has 1 N–H and O–H groups in total. The third-order valence-corrected chi connectivity index (χ3v) is 4.10. The molecule has 2 aromatic rings. The second-order valence-electron chi connectivity index (χ2n) is 6.08. The molecule has 0 saturated carbocycles. The van der Waals surface area contributed by atoms with E-state index in [1.807, 2.05) is 50.5 Å². The van der Waals surface area contributed by atoms with E-state index in [4.69, 9.17) is 9.47 Å². The van der Waals surface area contributed by atoms with Crippen molar-refractivity contribution >= 4 is 12.0 Å². The SMILES string of the molecule is CN(C)[C@H](CNC(=O)C=Cc1ccc2c(c1)OCO2)c1ccccc1. The van der Waals surface area contributed by atoms with E-state index in [0.717, 1.165) is 11.3 Å². The summed E-state index contributed by atoms with van der Waals surface area (Å²) in [4.78, 5) is 14.2. The van der Waals surface area contributed by atoms with Crippen molar-refractivity contribution < 1.29 is 14.3 Å². The average Bonchev–Trinajstić information content (AvgIpc) is 3.08. The fourth-order valence-corrected chi connectivity index (χ4v) is 2.72. The van der Waals surface area contributed by atoms with Crippen molar-refractivity contribution in [3.63, 3.8) is 0 Å². The minimum atomic E-state index is -0.125. The van der Waals surface area contributed by atoms with Crippen LogP contribution in [-0.2, 0) is 4.79 Å². The van der Waals surface area contributed by atoms with E-state index in [0.29, 0.717) is 12.3 Å². The average molecular weight is 338 g/mol. The highest BCUT2D eigenvalue weighted by atomic mass is 16.7. The zero-order valence-electron chi connectivity index (χ0n) is 14.4. The Morgan fingerprint density at radius 3 is 2.68 bits per heavy atom.